The SMILES string of the molecule is CC1CCC(CN)CN1S(=O)(=O)c1ccc(F)c(F)c1F. The maximum atomic E-state index is 13.8. The molecule has 1 aromatic rings. The monoisotopic (exact) mass is 322 g/mol. The zero-order valence-electron chi connectivity index (χ0n) is 11.5. The molecule has 0 bridgehead atoms. The Morgan fingerprint density at radius 1 is 1.24 bits per heavy atom. The minimum Gasteiger partial charge on any atom is -0.330 e. The van der Waals surface area contributed by atoms with Crippen LogP contribution in [0.4, 0.5) is 13.2 Å². The zero-order valence-corrected chi connectivity index (χ0v) is 12.3. The third-order valence-corrected chi connectivity index (χ3v) is 5.84. The lowest BCUT2D eigenvalue weighted by Gasteiger charge is -2.36. The molecule has 0 saturated carbocycles. The van der Waals surface area contributed by atoms with E-state index in [1.54, 1.807) is 6.92 Å². The Hall–Kier alpha value is -1.12. The van der Waals surface area contributed by atoms with Gasteiger partial charge in [0.05, 0.1) is 0 Å². The summed E-state index contributed by atoms with van der Waals surface area (Å²) in [7, 11) is -4.23. The summed E-state index contributed by atoms with van der Waals surface area (Å²) in [5, 5.41) is 0. The number of nitrogens with two attached hydrogens (primary N) is 1. The van der Waals surface area contributed by atoms with Gasteiger partial charge in [-0.15, -0.1) is 0 Å². The Labute approximate surface area is 121 Å². The van der Waals surface area contributed by atoms with Gasteiger partial charge >= 0.3 is 0 Å². The van der Waals surface area contributed by atoms with Crippen LogP contribution in [0.3, 0.4) is 0 Å². The molecule has 118 valence electrons. The molecule has 0 aliphatic carbocycles. The van der Waals surface area contributed by atoms with Gasteiger partial charge in [-0.2, -0.15) is 4.31 Å². The van der Waals surface area contributed by atoms with E-state index >= 15 is 0 Å². The van der Waals surface area contributed by atoms with Crippen LogP contribution in [0.5, 0.6) is 0 Å². The van der Waals surface area contributed by atoms with Crippen molar-refractivity contribution in [3.8, 4) is 0 Å². The maximum absolute atomic E-state index is 13.8. The highest BCUT2D eigenvalue weighted by Gasteiger charge is 2.36. The van der Waals surface area contributed by atoms with Crippen molar-refractivity contribution in [2.45, 2.75) is 30.7 Å². The van der Waals surface area contributed by atoms with E-state index in [0.29, 0.717) is 19.0 Å². The highest BCUT2D eigenvalue weighted by molar-refractivity contribution is 7.89. The van der Waals surface area contributed by atoms with Crippen molar-refractivity contribution in [3.05, 3.63) is 29.6 Å². The molecule has 2 rings (SSSR count). The predicted molar refractivity (Wildman–Crippen MR) is 71.4 cm³/mol. The fourth-order valence-corrected chi connectivity index (χ4v) is 4.30. The first-order valence-corrected chi connectivity index (χ1v) is 8.08. The molecule has 1 aromatic carbocycles. The molecule has 4 nitrogen and oxygen atoms in total. The Bertz CT molecular complexity index is 637. The third-order valence-electron chi connectivity index (χ3n) is 3.84. The lowest BCUT2D eigenvalue weighted by molar-refractivity contribution is 0.210. The molecule has 0 radical (unpaired) electrons. The van der Waals surface area contributed by atoms with E-state index in [2.05, 4.69) is 0 Å². The van der Waals surface area contributed by atoms with Gasteiger partial charge in [-0.05, 0) is 44.4 Å². The summed E-state index contributed by atoms with van der Waals surface area (Å²) in [5.74, 6) is -4.91. The van der Waals surface area contributed by atoms with E-state index in [1.165, 1.54) is 0 Å². The van der Waals surface area contributed by atoms with Crippen LogP contribution >= 0.6 is 0 Å². The molecule has 21 heavy (non-hydrogen) atoms. The summed E-state index contributed by atoms with van der Waals surface area (Å²) in [6.07, 6.45) is 1.37. The normalized spacial score (nSPS) is 24.2. The zero-order chi connectivity index (χ0) is 15.8. The van der Waals surface area contributed by atoms with Gasteiger partial charge in [0.2, 0.25) is 10.0 Å². The molecule has 1 aliphatic heterocycles. The van der Waals surface area contributed by atoms with Crippen molar-refractivity contribution < 1.29 is 21.6 Å². The van der Waals surface area contributed by atoms with E-state index in [0.717, 1.165) is 16.8 Å². The van der Waals surface area contributed by atoms with Crippen LogP contribution in [0.2, 0.25) is 0 Å². The Morgan fingerprint density at radius 2 is 1.90 bits per heavy atom. The predicted octanol–water partition coefficient (Wildman–Crippen LogP) is 1.85. The first kappa shape index (κ1) is 16.3. The Balaban J connectivity index is 2.44. The van der Waals surface area contributed by atoms with Crippen LogP contribution in [0.1, 0.15) is 19.8 Å². The largest absolute Gasteiger partial charge is 0.330 e. The molecule has 2 unspecified atom stereocenters. The number of rotatable bonds is 3. The van der Waals surface area contributed by atoms with Crippen molar-refractivity contribution in [1.82, 2.24) is 4.31 Å². The standard InChI is InChI=1S/C13H17F3N2O2S/c1-8-2-3-9(6-17)7-18(8)21(19,20)11-5-4-10(14)12(15)13(11)16/h4-5,8-9H,2-3,6-7,17H2,1H3. The first-order chi connectivity index (χ1) is 9.78. The van der Waals surface area contributed by atoms with E-state index in [4.69, 9.17) is 5.73 Å². The first-order valence-electron chi connectivity index (χ1n) is 6.64. The Morgan fingerprint density at radius 3 is 2.52 bits per heavy atom. The maximum Gasteiger partial charge on any atom is 0.246 e. The van der Waals surface area contributed by atoms with Crippen LogP contribution in [0, 0.1) is 23.4 Å². The van der Waals surface area contributed by atoms with Gasteiger partial charge in [-0.25, -0.2) is 21.6 Å². The summed E-state index contributed by atoms with van der Waals surface area (Å²) in [6, 6.07) is 1.02. The molecule has 1 fully saturated rings. The minimum absolute atomic E-state index is 0.0238. The lowest BCUT2D eigenvalue weighted by Crippen LogP contribution is -2.47. The molecule has 1 aliphatic rings. The quantitative estimate of drug-likeness (QED) is 0.864. The average Bonchev–Trinajstić information content (AvgIpc) is 2.45. The number of nitrogens with zero attached hydrogens (tertiary/aromatic N) is 1. The number of sulfonamides is 1. The van der Waals surface area contributed by atoms with Crippen LogP contribution in [-0.4, -0.2) is 31.9 Å². The van der Waals surface area contributed by atoms with E-state index in [1.807, 2.05) is 0 Å². The number of hydrogen-bond donors (Lipinski definition) is 1. The van der Waals surface area contributed by atoms with Crippen LogP contribution in [0.25, 0.3) is 0 Å². The topological polar surface area (TPSA) is 63.4 Å². The fourth-order valence-electron chi connectivity index (χ4n) is 2.51. The van der Waals surface area contributed by atoms with Crippen LogP contribution in [0.15, 0.2) is 17.0 Å². The van der Waals surface area contributed by atoms with Crippen molar-refractivity contribution in [2.24, 2.45) is 11.7 Å². The molecule has 0 amide bonds. The van der Waals surface area contributed by atoms with E-state index in [-0.39, 0.29) is 18.5 Å². The second kappa shape index (κ2) is 5.94. The van der Waals surface area contributed by atoms with E-state index in [9.17, 15) is 21.6 Å². The second-order valence-corrected chi connectivity index (χ2v) is 7.14. The molecule has 2 atom stereocenters. The molecule has 1 heterocycles. The molecule has 1 saturated heterocycles. The highest BCUT2D eigenvalue weighted by Crippen LogP contribution is 2.30. The highest BCUT2D eigenvalue weighted by atomic mass is 32.2. The van der Waals surface area contributed by atoms with Crippen LogP contribution in [-0.2, 0) is 10.0 Å². The van der Waals surface area contributed by atoms with Gasteiger partial charge in [-0.1, -0.05) is 0 Å². The third kappa shape index (κ3) is 2.93. The smallest absolute Gasteiger partial charge is 0.246 e. The van der Waals surface area contributed by atoms with Gasteiger partial charge in [0.15, 0.2) is 17.5 Å². The lowest BCUT2D eigenvalue weighted by atomic mass is 9.96. The summed E-state index contributed by atoms with van der Waals surface area (Å²) in [6.45, 7) is 2.17. The fraction of sp³-hybridized carbons (Fsp3) is 0.538. The van der Waals surface area contributed by atoms with Gasteiger partial charge in [0.1, 0.15) is 4.90 Å². The molecular formula is C13H17F3N2O2S. The summed E-state index contributed by atoms with van der Waals surface area (Å²) >= 11 is 0. The summed E-state index contributed by atoms with van der Waals surface area (Å²) in [5.41, 5.74) is 5.56. The molecular weight excluding hydrogens is 305 g/mol. The molecule has 2 N–H and O–H groups in total. The van der Waals surface area contributed by atoms with Crippen molar-refractivity contribution in [2.75, 3.05) is 13.1 Å². The minimum atomic E-state index is -4.23. The Kier molecular flexibility index (Phi) is 4.60. The number of piperidine rings is 1. The van der Waals surface area contributed by atoms with Gasteiger partial charge in [-0.3, -0.25) is 0 Å². The van der Waals surface area contributed by atoms with E-state index < -0.39 is 32.4 Å². The van der Waals surface area contributed by atoms with Gasteiger partial charge in [0, 0.05) is 12.6 Å². The second-order valence-electron chi connectivity index (χ2n) is 5.28. The number of halogens is 3. The van der Waals surface area contributed by atoms with Gasteiger partial charge < -0.3 is 5.73 Å². The molecule has 0 aromatic heterocycles. The summed E-state index contributed by atoms with van der Waals surface area (Å²) in [4.78, 5) is -0.842. The number of benzene rings is 1. The van der Waals surface area contributed by atoms with Crippen molar-refractivity contribution in [3.63, 3.8) is 0 Å². The molecule has 8 heteroatoms. The average molecular weight is 322 g/mol. The van der Waals surface area contributed by atoms with Crippen molar-refractivity contribution in [1.29, 1.82) is 0 Å². The number of hydrogen-bond acceptors (Lipinski definition) is 3. The summed E-state index contributed by atoms with van der Waals surface area (Å²) < 4.78 is 66.1. The van der Waals surface area contributed by atoms with Crippen LogP contribution < -0.4 is 5.73 Å². The van der Waals surface area contributed by atoms with Gasteiger partial charge in [0.25, 0.3) is 0 Å². The molecule has 0 spiro atoms. The van der Waals surface area contributed by atoms with Crippen molar-refractivity contribution >= 4 is 10.0 Å².